The zero-order chi connectivity index (χ0) is 22.6. The van der Waals surface area contributed by atoms with Gasteiger partial charge >= 0.3 is 5.97 Å². The van der Waals surface area contributed by atoms with Gasteiger partial charge in [-0.15, -0.1) is 0 Å². The second kappa shape index (κ2) is 9.64. The Balaban J connectivity index is 2.00. The summed E-state index contributed by atoms with van der Waals surface area (Å²) in [7, 11) is 0. The lowest BCUT2D eigenvalue weighted by molar-refractivity contribution is -0.154. The number of pyridine rings is 1. The smallest absolute Gasteiger partial charge is 0.318 e. The van der Waals surface area contributed by atoms with Gasteiger partial charge in [0.1, 0.15) is 5.41 Å². The number of aromatic nitrogens is 3. The van der Waals surface area contributed by atoms with E-state index in [-0.39, 0.29) is 19.0 Å². The van der Waals surface area contributed by atoms with Gasteiger partial charge in [-0.3, -0.25) is 9.59 Å². The fourth-order valence-electron chi connectivity index (χ4n) is 3.87. The van der Waals surface area contributed by atoms with E-state index in [4.69, 9.17) is 9.72 Å². The molecular formula is C22H33N5O4. The Morgan fingerprint density at radius 1 is 1.29 bits per heavy atom. The molecule has 3 rings (SSSR count). The number of carboxylic acid groups (broad SMARTS) is 1. The van der Waals surface area contributed by atoms with Crippen LogP contribution in [0.2, 0.25) is 0 Å². The molecule has 2 aromatic heterocycles. The van der Waals surface area contributed by atoms with E-state index in [0.717, 1.165) is 40.8 Å². The van der Waals surface area contributed by atoms with Gasteiger partial charge in [-0.2, -0.15) is 5.10 Å². The Morgan fingerprint density at radius 3 is 2.58 bits per heavy atom. The number of carbonyl (C=O) groups excluding carboxylic acids is 1. The maximum atomic E-state index is 12.8. The lowest BCUT2D eigenvalue weighted by atomic mass is 9.86. The highest BCUT2D eigenvalue weighted by Gasteiger charge is 2.39. The summed E-state index contributed by atoms with van der Waals surface area (Å²) in [6.45, 7) is 9.54. The Bertz CT molecular complexity index is 951. The molecule has 0 aliphatic carbocycles. The number of hydrogen-bond acceptors (Lipinski definition) is 6. The summed E-state index contributed by atoms with van der Waals surface area (Å²) in [5.41, 5.74) is 2.02. The largest absolute Gasteiger partial charge is 0.480 e. The highest BCUT2D eigenvalue weighted by molar-refractivity contribution is 6.01. The normalized spacial score (nSPS) is 16.8. The van der Waals surface area contributed by atoms with Gasteiger partial charge in [0.2, 0.25) is 5.91 Å². The van der Waals surface area contributed by atoms with E-state index in [1.165, 1.54) is 6.92 Å². The molecule has 3 N–H and O–H groups in total. The number of nitrogens with one attached hydrogen (secondary N) is 2. The highest BCUT2D eigenvalue weighted by Crippen LogP contribution is 2.31. The summed E-state index contributed by atoms with van der Waals surface area (Å²) in [5.74, 6) is -1.62. The van der Waals surface area contributed by atoms with E-state index >= 15 is 0 Å². The monoisotopic (exact) mass is 431 g/mol. The number of fused-ring (bicyclic) bond motifs is 1. The first-order valence-corrected chi connectivity index (χ1v) is 11.1. The van der Waals surface area contributed by atoms with Crippen molar-refractivity contribution >= 4 is 28.6 Å². The summed E-state index contributed by atoms with van der Waals surface area (Å²) in [5, 5.41) is 21.4. The van der Waals surface area contributed by atoms with Crippen molar-refractivity contribution < 1.29 is 19.4 Å². The maximum Gasteiger partial charge on any atom is 0.318 e. The van der Waals surface area contributed by atoms with E-state index in [2.05, 4.69) is 15.7 Å². The number of hydrogen-bond donors (Lipinski definition) is 3. The Hall–Kier alpha value is -2.68. The number of aliphatic carboxylic acids is 1. The lowest BCUT2D eigenvalue weighted by Crippen LogP contribution is -2.44. The standard InChI is InChI=1S/C22H33N5O4/c1-5-17-15(12-23-20(28)22(4,6-2)21(29)30)18(25-14-8-10-31-11-9-14)16-13-24-27(7-3)19(16)26-17/h13-14H,5-12H2,1-4H3,(H,23,28)(H,25,26)(H,29,30). The van der Waals surface area contributed by atoms with E-state index in [1.54, 1.807) is 6.92 Å². The molecule has 9 heteroatoms. The zero-order valence-corrected chi connectivity index (χ0v) is 18.8. The van der Waals surface area contributed by atoms with E-state index < -0.39 is 17.3 Å². The van der Waals surface area contributed by atoms with Crippen LogP contribution in [0.3, 0.4) is 0 Å². The van der Waals surface area contributed by atoms with Gasteiger partial charge in [0, 0.05) is 43.6 Å². The van der Waals surface area contributed by atoms with Crippen LogP contribution in [0.4, 0.5) is 5.69 Å². The van der Waals surface area contributed by atoms with Gasteiger partial charge in [0.25, 0.3) is 0 Å². The van der Waals surface area contributed by atoms with Crippen LogP contribution in [0.5, 0.6) is 0 Å². The van der Waals surface area contributed by atoms with Crippen molar-refractivity contribution in [2.45, 2.75) is 72.5 Å². The molecule has 170 valence electrons. The molecule has 1 amide bonds. The third-order valence-corrected chi connectivity index (χ3v) is 6.28. The molecule has 9 nitrogen and oxygen atoms in total. The van der Waals surface area contributed by atoms with Crippen LogP contribution in [-0.4, -0.2) is 51.0 Å². The predicted octanol–water partition coefficient (Wildman–Crippen LogP) is 2.72. The fraction of sp³-hybridized carbons (Fsp3) is 0.636. The number of carboxylic acids is 1. The van der Waals surface area contributed by atoms with E-state index in [9.17, 15) is 14.7 Å². The van der Waals surface area contributed by atoms with Crippen molar-refractivity contribution in [1.82, 2.24) is 20.1 Å². The molecule has 3 heterocycles. The highest BCUT2D eigenvalue weighted by atomic mass is 16.5. The minimum atomic E-state index is -1.47. The molecule has 0 bridgehead atoms. The van der Waals surface area contributed by atoms with Gasteiger partial charge in [-0.25, -0.2) is 9.67 Å². The number of carbonyl (C=O) groups is 2. The summed E-state index contributed by atoms with van der Waals surface area (Å²) in [4.78, 5) is 29.3. The molecule has 1 fully saturated rings. The fourth-order valence-corrected chi connectivity index (χ4v) is 3.87. The predicted molar refractivity (Wildman–Crippen MR) is 118 cm³/mol. The Kier molecular flexibility index (Phi) is 7.15. The van der Waals surface area contributed by atoms with Crippen LogP contribution < -0.4 is 10.6 Å². The molecular weight excluding hydrogens is 398 g/mol. The second-order valence-electron chi connectivity index (χ2n) is 8.17. The molecule has 1 unspecified atom stereocenters. The molecule has 1 aliphatic rings. The summed E-state index contributed by atoms with van der Waals surface area (Å²) in [6.07, 6.45) is 4.49. The van der Waals surface area contributed by atoms with Crippen LogP contribution >= 0.6 is 0 Å². The van der Waals surface area contributed by atoms with Crippen LogP contribution in [0.1, 0.15) is 58.2 Å². The van der Waals surface area contributed by atoms with Gasteiger partial charge in [0.05, 0.1) is 17.3 Å². The molecule has 0 radical (unpaired) electrons. The van der Waals surface area contributed by atoms with Crippen molar-refractivity contribution in [3.05, 3.63) is 17.5 Å². The van der Waals surface area contributed by atoms with Gasteiger partial charge < -0.3 is 20.5 Å². The number of aryl methyl sites for hydroxylation is 2. The third kappa shape index (κ3) is 4.51. The number of anilines is 1. The van der Waals surface area contributed by atoms with Crippen LogP contribution in [0.25, 0.3) is 11.0 Å². The minimum absolute atomic E-state index is 0.205. The van der Waals surface area contributed by atoms with Crippen LogP contribution in [-0.2, 0) is 33.8 Å². The Labute approximate surface area is 182 Å². The molecule has 1 atom stereocenters. The van der Waals surface area contributed by atoms with Crippen molar-refractivity contribution in [1.29, 1.82) is 0 Å². The average Bonchev–Trinajstić information content (AvgIpc) is 3.20. The molecule has 2 aromatic rings. The summed E-state index contributed by atoms with van der Waals surface area (Å²) < 4.78 is 7.36. The topological polar surface area (TPSA) is 118 Å². The molecule has 0 saturated carbocycles. The van der Waals surface area contributed by atoms with E-state index in [0.29, 0.717) is 26.2 Å². The first-order valence-electron chi connectivity index (χ1n) is 11.1. The first kappa shape index (κ1) is 23.0. The summed E-state index contributed by atoms with van der Waals surface area (Å²) in [6, 6.07) is 0.253. The molecule has 1 saturated heterocycles. The number of amides is 1. The number of rotatable bonds is 9. The van der Waals surface area contributed by atoms with Crippen molar-refractivity contribution in [2.75, 3.05) is 18.5 Å². The van der Waals surface area contributed by atoms with Gasteiger partial charge in [-0.1, -0.05) is 13.8 Å². The quantitative estimate of drug-likeness (QED) is 0.522. The SMILES string of the molecule is CCc1nc2c(cnn2CC)c(NC2CCOCC2)c1CNC(=O)C(C)(CC)C(=O)O. The molecule has 0 spiro atoms. The van der Waals surface area contributed by atoms with Gasteiger partial charge in [-0.05, 0) is 39.5 Å². The van der Waals surface area contributed by atoms with Gasteiger partial charge in [0.15, 0.2) is 5.65 Å². The molecule has 31 heavy (non-hydrogen) atoms. The van der Waals surface area contributed by atoms with Crippen molar-refractivity contribution in [2.24, 2.45) is 5.41 Å². The van der Waals surface area contributed by atoms with Crippen LogP contribution in [0, 0.1) is 5.41 Å². The minimum Gasteiger partial charge on any atom is -0.480 e. The number of nitrogens with zero attached hydrogens (tertiary/aromatic N) is 3. The maximum absolute atomic E-state index is 12.8. The lowest BCUT2D eigenvalue weighted by Gasteiger charge is -2.27. The molecule has 0 aromatic carbocycles. The molecule has 1 aliphatic heterocycles. The first-order chi connectivity index (χ1) is 14.8. The van der Waals surface area contributed by atoms with Crippen LogP contribution in [0.15, 0.2) is 6.20 Å². The Morgan fingerprint density at radius 2 is 2.00 bits per heavy atom. The zero-order valence-electron chi connectivity index (χ0n) is 18.8. The third-order valence-electron chi connectivity index (χ3n) is 6.28. The average molecular weight is 432 g/mol. The second-order valence-corrected chi connectivity index (χ2v) is 8.17. The van der Waals surface area contributed by atoms with Crippen molar-refractivity contribution in [3.8, 4) is 0 Å². The van der Waals surface area contributed by atoms with Crippen molar-refractivity contribution in [3.63, 3.8) is 0 Å². The number of ether oxygens (including phenoxy) is 1. The van der Waals surface area contributed by atoms with E-state index in [1.807, 2.05) is 24.7 Å². The summed E-state index contributed by atoms with van der Waals surface area (Å²) >= 11 is 0.